The Bertz CT molecular complexity index is 1130. The number of anilines is 2. The number of benzene rings is 2. The third-order valence-electron chi connectivity index (χ3n) is 5.59. The Morgan fingerprint density at radius 1 is 1.09 bits per heavy atom. The largest absolute Gasteiger partial charge is 0.478 e. The van der Waals surface area contributed by atoms with E-state index in [1.807, 2.05) is 0 Å². The van der Waals surface area contributed by atoms with Crippen molar-refractivity contribution in [2.75, 3.05) is 16.5 Å². The first-order chi connectivity index (χ1) is 15.3. The van der Waals surface area contributed by atoms with E-state index in [-0.39, 0.29) is 16.6 Å². The highest BCUT2D eigenvalue weighted by Crippen LogP contribution is 2.52. The van der Waals surface area contributed by atoms with Gasteiger partial charge in [0.05, 0.1) is 11.3 Å². The number of nitrogens with two attached hydrogens (primary N) is 3. The van der Waals surface area contributed by atoms with E-state index < -0.39 is 16.6 Å². The van der Waals surface area contributed by atoms with E-state index in [1.54, 1.807) is 35.2 Å². The molecule has 2 aliphatic rings. The minimum absolute atomic E-state index is 0.0659. The molecule has 11 heteroatoms. The number of thioether (sulfide) groups is 1. The van der Waals surface area contributed by atoms with Crippen LogP contribution in [0.5, 0.6) is 0 Å². The van der Waals surface area contributed by atoms with E-state index in [4.69, 9.17) is 22.5 Å². The molecule has 1 fully saturated rings. The maximum absolute atomic E-state index is 13.4. The van der Waals surface area contributed by atoms with Crippen LogP contribution in [0.25, 0.3) is 0 Å². The van der Waals surface area contributed by atoms with Crippen LogP contribution in [-0.2, 0) is 11.2 Å². The van der Waals surface area contributed by atoms with E-state index in [0.717, 1.165) is 11.3 Å². The van der Waals surface area contributed by atoms with Gasteiger partial charge in [0.25, 0.3) is 0 Å². The normalized spacial score (nSPS) is 16.4. The van der Waals surface area contributed by atoms with Crippen LogP contribution in [0, 0.1) is 0 Å². The van der Waals surface area contributed by atoms with Crippen molar-refractivity contribution in [2.45, 2.75) is 24.0 Å². The van der Waals surface area contributed by atoms with Crippen molar-refractivity contribution in [3.05, 3.63) is 59.2 Å². The summed E-state index contributed by atoms with van der Waals surface area (Å²) in [6.45, 7) is 0.511. The van der Waals surface area contributed by atoms with Crippen molar-refractivity contribution in [1.82, 2.24) is 0 Å². The van der Waals surface area contributed by atoms with Crippen molar-refractivity contribution in [3.8, 4) is 0 Å². The molecule has 0 saturated heterocycles. The van der Waals surface area contributed by atoms with Crippen LogP contribution < -0.4 is 27.3 Å². The van der Waals surface area contributed by atoms with Crippen LogP contribution in [0.4, 0.5) is 11.4 Å². The average Bonchev–Trinajstić information content (AvgIpc) is 3.46. The van der Waals surface area contributed by atoms with E-state index in [1.165, 1.54) is 28.9 Å². The number of hydrogen-bond acceptors (Lipinski definition) is 7. The fraction of sp³-hybridized carbons (Fsp3) is 0.238. The molecule has 1 saturated carbocycles. The van der Waals surface area contributed by atoms with Gasteiger partial charge in [-0.1, -0.05) is 11.8 Å². The monoisotopic (exact) mass is 454 g/mol. The van der Waals surface area contributed by atoms with Gasteiger partial charge in [-0.05, 0) is 67.3 Å². The first-order valence-electron chi connectivity index (χ1n) is 9.85. The van der Waals surface area contributed by atoms with Crippen LogP contribution in [0.2, 0.25) is 0 Å². The Balaban J connectivity index is 1.51. The number of aromatic carboxylic acids is 1. The number of rotatable bonds is 5. The SMILES string of the molecule is N/N=C(/SC1(C(=O)N2CCc3cc(C(N)=O)ccc32)CC1)N(N)c1ccc(C(=O)O)cc1. The standard InChI is InChI=1S/C21H22N6O4S/c22-17(28)14-3-6-16-13(11-14)7-10-26(16)19(31)21(8-9-21)32-20(25-23)27(24)15-4-1-12(2-5-15)18(29)30/h1-6,11H,7-10,23-24H2,(H2,22,28)(H,29,30)/b25-20+. The minimum atomic E-state index is -1.04. The summed E-state index contributed by atoms with van der Waals surface area (Å²) in [4.78, 5) is 37.6. The Morgan fingerprint density at radius 2 is 1.75 bits per heavy atom. The first kappa shape index (κ1) is 21.7. The average molecular weight is 455 g/mol. The number of amides is 2. The summed E-state index contributed by atoms with van der Waals surface area (Å²) in [5.41, 5.74) is 8.06. The topological polar surface area (TPSA) is 168 Å². The lowest BCUT2D eigenvalue weighted by Crippen LogP contribution is -2.42. The lowest BCUT2D eigenvalue weighted by Gasteiger charge is -2.26. The molecule has 0 bridgehead atoms. The fourth-order valence-electron chi connectivity index (χ4n) is 3.67. The minimum Gasteiger partial charge on any atom is -0.478 e. The van der Waals surface area contributed by atoms with Gasteiger partial charge in [-0.2, -0.15) is 5.10 Å². The van der Waals surface area contributed by atoms with Gasteiger partial charge in [0.2, 0.25) is 17.0 Å². The first-order valence-corrected chi connectivity index (χ1v) is 10.7. The van der Waals surface area contributed by atoms with Crippen LogP contribution in [-0.4, -0.2) is 39.3 Å². The van der Waals surface area contributed by atoms with Crippen molar-refractivity contribution in [3.63, 3.8) is 0 Å². The highest BCUT2D eigenvalue weighted by Gasteiger charge is 2.55. The molecule has 0 radical (unpaired) electrons. The maximum atomic E-state index is 13.4. The molecule has 4 rings (SSSR count). The number of hydrazone groups is 1. The van der Waals surface area contributed by atoms with E-state index in [9.17, 15) is 14.4 Å². The molecule has 0 aromatic heterocycles. The molecule has 1 aliphatic heterocycles. The Morgan fingerprint density at radius 3 is 2.31 bits per heavy atom. The van der Waals surface area contributed by atoms with Gasteiger partial charge in [-0.3, -0.25) is 14.6 Å². The van der Waals surface area contributed by atoms with E-state index in [0.29, 0.717) is 37.1 Å². The van der Waals surface area contributed by atoms with Crippen molar-refractivity contribution in [1.29, 1.82) is 0 Å². The van der Waals surface area contributed by atoms with Crippen LogP contribution in [0.3, 0.4) is 0 Å². The van der Waals surface area contributed by atoms with Gasteiger partial charge in [-0.25, -0.2) is 10.6 Å². The highest BCUT2D eigenvalue weighted by atomic mass is 32.2. The van der Waals surface area contributed by atoms with Crippen LogP contribution >= 0.6 is 11.8 Å². The van der Waals surface area contributed by atoms with Crippen LogP contribution in [0.1, 0.15) is 39.1 Å². The molecule has 1 heterocycles. The lowest BCUT2D eigenvalue weighted by molar-refractivity contribution is -0.118. The molecule has 2 amide bonds. The van der Waals surface area contributed by atoms with E-state index >= 15 is 0 Å². The Kier molecular flexibility index (Phi) is 5.53. The number of hydrazine groups is 1. The molecule has 1 aliphatic carbocycles. The van der Waals surface area contributed by atoms with Crippen LogP contribution in [0.15, 0.2) is 47.6 Å². The van der Waals surface area contributed by atoms with Gasteiger partial charge < -0.3 is 21.6 Å². The predicted octanol–water partition coefficient (Wildman–Crippen LogP) is 1.25. The number of amidine groups is 1. The zero-order chi connectivity index (χ0) is 23.0. The van der Waals surface area contributed by atoms with Gasteiger partial charge in [0.1, 0.15) is 4.75 Å². The smallest absolute Gasteiger partial charge is 0.335 e. The van der Waals surface area contributed by atoms with Crippen molar-refractivity contribution >= 4 is 46.1 Å². The quantitative estimate of drug-likeness (QED) is 0.226. The third kappa shape index (κ3) is 3.87. The number of carbonyl (C=O) groups excluding carboxylic acids is 2. The van der Waals surface area contributed by atoms with Crippen molar-refractivity contribution in [2.24, 2.45) is 22.5 Å². The van der Waals surface area contributed by atoms with Gasteiger partial charge >= 0.3 is 5.97 Å². The number of hydrogen-bond donors (Lipinski definition) is 4. The molecule has 2 aromatic carbocycles. The summed E-state index contributed by atoms with van der Waals surface area (Å²) in [7, 11) is 0. The molecule has 166 valence electrons. The predicted molar refractivity (Wildman–Crippen MR) is 122 cm³/mol. The molecule has 32 heavy (non-hydrogen) atoms. The maximum Gasteiger partial charge on any atom is 0.335 e. The Hall–Kier alpha value is -3.57. The fourth-order valence-corrected chi connectivity index (χ4v) is 4.78. The second-order valence-electron chi connectivity index (χ2n) is 7.64. The zero-order valence-electron chi connectivity index (χ0n) is 17.0. The van der Waals surface area contributed by atoms with Crippen molar-refractivity contribution < 1.29 is 19.5 Å². The molecule has 0 atom stereocenters. The molecule has 0 unspecified atom stereocenters. The molecule has 2 aromatic rings. The number of carbonyl (C=O) groups is 3. The summed E-state index contributed by atoms with van der Waals surface area (Å²) in [5, 5.41) is 14.3. The molecule has 0 spiro atoms. The van der Waals surface area contributed by atoms with Gasteiger partial charge in [0.15, 0.2) is 0 Å². The number of fused-ring (bicyclic) bond motifs is 1. The third-order valence-corrected chi connectivity index (χ3v) is 7.05. The number of primary amides is 1. The molecule has 7 N–H and O–H groups in total. The zero-order valence-corrected chi connectivity index (χ0v) is 17.8. The summed E-state index contributed by atoms with van der Waals surface area (Å²) in [6.07, 6.45) is 1.93. The highest BCUT2D eigenvalue weighted by molar-refractivity contribution is 8.16. The van der Waals surface area contributed by atoms with E-state index in [2.05, 4.69) is 5.10 Å². The summed E-state index contributed by atoms with van der Waals surface area (Å²) >= 11 is 1.19. The summed E-state index contributed by atoms with van der Waals surface area (Å²) in [5.74, 6) is 10.1. The molecular formula is C21H22N6O4S. The number of carboxylic acid groups (broad SMARTS) is 1. The second-order valence-corrected chi connectivity index (χ2v) is 9.00. The molecular weight excluding hydrogens is 432 g/mol. The number of nitrogens with zero attached hydrogens (tertiary/aromatic N) is 3. The summed E-state index contributed by atoms with van der Waals surface area (Å²) in [6, 6.07) is 11.0. The second kappa shape index (κ2) is 8.17. The van der Waals surface area contributed by atoms with Gasteiger partial charge in [-0.15, -0.1) is 0 Å². The number of carboxylic acids is 1. The summed E-state index contributed by atoms with van der Waals surface area (Å²) < 4.78 is -0.735. The Labute approximate surface area is 188 Å². The van der Waals surface area contributed by atoms with Gasteiger partial charge in [0, 0.05) is 17.8 Å². The lowest BCUT2D eigenvalue weighted by atomic mass is 10.1. The molecule has 10 nitrogen and oxygen atoms in total.